The Labute approximate surface area is 141 Å². The molecule has 0 radical (unpaired) electrons. The summed E-state index contributed by atoms with van der Waals surface area (Å²) in [5.41, 5.74) is 1.27. The van der Waals surface area contributed by atoms with Crippen molar-refractivity contribution in [2.24, 2.45) is 0 Å². The fourth-order valence-electron chi connectivity index (χ4n) is 2.81. The van der Waals surface area contributed by atoms with Crippen LogP contribution < -0.4 is 0 Å². The van der Waals surface area contributed by atoms with Gasteiger partial charge in [-0.2, -0.15) is 0 Å². The lowest BCUT2D eigenvalue weighted by Gasteiger charge is -2.20. The maximum atomic E-state index is 10.2. The smallest absolute Gasteiger partial charge is 0.163 e. The van der Waals surface area contributed by atoms with E-state index >= 15 is 0 Å². The lowest BCUT2D eigenvalue weighted by molar-refractivity contribution is -0.0514. The molecule has 2 heterocycles. The third kappa shape index (κ3) is 2.32. The first-order valence-electron chi connectivity index (χ1n) is 6.64. The topological polar surface area (TPSA) is 74.9 Å². The van der Waals surface area contributed by atoms with Crippen LogP contribution in [-0.4, -0.2) is 44.8 Å². The normalized spacial score (nSPS) is 28.7. The van der Waals surface area contributed by atoms with Crippen molar-refractivity contribution in [3.63, 3.8) is 0 Å². The van der Waals surface area contributed by atoms with Gasteiger partial charge < -0.3 is 24.6 Å². The first-order chi connectivity index (χ1) is 10.4. The molecular formula is C14H14Cl3NO4. The molecule has 0 aliphatic carbocycles. The predicted molar refractivity (Wildman–Crippen MR) is 84.7 cm³/mol. The highest BCUT2D eigenvalue weighted by Crippen LogP contribution is 2.40. The molecule has 0 amide bonds. The van der Waals surface area contributed by atoms with Crippen LogP contribution in [0.25, 0.3) is 10.9 Å². The largest absolute Gasteiger partial charge is 0.394 e. The number of halogens is 3. The minimum absolute atomic E-state index is 0.344. The van der Waals surface area contributed by atoms with Gasteiger partial charge in [-0.15, -0.1) is 0 Å². The van der Waals surface area contributed by atoms with Gasteiger partial charge in [-0.3, -0.25) is 0 Å². The van der Waals surface area contributed by atoms with E-state index in [4.69, 9.17) is 39.5 Å². The molecule has 1 aliphatic heterocycles. The molecule has 1 fully saturated rings. The molecule has 1 unspecified atom stereocenters. The number of aliphatic hydroxyl groups excluding tert-OH is 3. The standard InChI is InChI=1S/C14H14Cl3NO4/c1-5-11(17)6-2-7(15)8(16)3-9(6)18(5)14-13(21)12(20)10(4-19)22-14/h2-3,10,12-14,19-21H,4H2,1H3/t10-,12?,13+,14-/m1/s1. The molecule has 22 heavy (non-hydrogen) atoms. The first-order valence-corrected chi connectivity index (χ1v) is 7.77. The fourth-order valence-corrected chi connectivity index (χ4v) is 3.38. The van der Waals surface area contributed by atoms with Crippen molar-refractivity contribution in [3.05, 3.63) is 32.9 Å². The van der Waals surface area contributed by atoms with E-state index in [2.05, 4.69) is 0 Å². The van der Waals surface area contributed by atoms with E-state index in [0.717, 1.165) is 0 Å². The fraction of sp³-hybridized carbons (Fsp3) is 0.429. The van der Waals surface area contributed by atoms with Crippen molar-refractivity contribution in [1.82, 2.24) is 4.57 Å². The summed E-state index contributed by atoms with van der Waals surface area (Å²) in [6.45, 7) is 1.37. The Morgan fingerprint density at radius 3 is 2.36 bits per heavy atom. The average Bonchev–Trinajstić information content (AvgIpc) is 2.89. The van der Waals surface area contributed by atoms with Crippen LogP contribution in [0.2, 0.25) is 15.1 Å². The van der Waals surface area contributed by atoms with Gasteiger partial charge in [-0.1, -0.05) is 34.8 Å². The van der Waals surface area contributed by atoms with Crippen LogP contribution in [0.4, 0.5) is 0 Å². The van der Waals surface area contributed by atoms with Crippen LogP contribution in [0.5, 0.6) is 0 Å². The minimum Gasteiger partial charge on any atom is -0.394 e. The maximum Gasteiger partial charge on any atom is 0.163 e. The molecule has 0 saturated carbocycles. The van der Waals surface area contributed by atoms with Crippen molar-refractivity contribution in [3.8, 4) is 0 Å². The second kappa shape index (κ2) is 5.83. The lowest BCUT2D eigenvalue weighted by atomic mass is 10.1. The molecule has 3 rings (SSSR count). The summed E-state index contributed by atoms with van der Waals surface area (Å²) in [7, 11) is 0. The van der Waals surface area contributed by atoms with E-state index in [0.29, 0.717) is 31.7 Å². The van der Waals surface area contributed by atoms with Crippen molar-refractivity contribution in [2.45, 2.75) is 31.5 Å². The van der Waals surface area contributed by atoms with Gasteiger partial charge in [0, 0.05) is 11.1 Å². The lowest BCUT2D eigenvalue weighted by Crippen LogP contribution is -2.33. The SMILES string of the molecule is Cc1c(Cl)c2cc(Cl)c(Cl)cc2n1[C@@H]1O[C@H](CO)C(O)[C@@H]1O. The molecule has 1 saturated heterocycles. The van der Waals surface area contributed by atoms with Gasteiger partial charge in [0.25, 0.3) is 0 Å². The second-order valence-corrected chi connectivity index (χ2v) is 6.47. The van der Waals surface area contributed by atoms with E-state index in [-0.39, 0.29) is 0 Å². The van der Waals surface area contributed by atoms with Crippen LogP contribution in [0.1, 0.15) is 11.9 Å². The molecule has 2 aromatic rings. The Balaban J connectivity index is 2.19. The van der Waals surface area contributed by atoms with E-state index in [1.54, 1.807) is 23.6 Å². The second-order valence-electron chi connectivity index (χ2n) is 5.28. The number of nitrogens with zero attached hydrogens (tertiary/aromatic N) is 1. The zero-order chi connectivity index (χ0) is 16.2. The third-order valence-corrected chi connectivity index (χ3v) is 5.18. The minimum atomic E-state index is -1.20. The number of aromatic nitrogens is 1. The molecule has 120 valence electrons. The Morgan fingerprint density at radius 2 is 1.77 bits per heavy atom. The summed E-state index contributed by atoms with van der Waals surface area (Å²) < 4.78 is 7.23. The zero-order valence-corrected chi connectivity index (χ0v) is 13.8. The predicted octanol–water partition coefficient (Wildman–Crippen LogP) is 2.52. The number of rotatable bonds is 2. The third-order valence-electron chi connectivity index (χ3n) is 3.99. The van der Waals surface area contributed by atoms with Crippen molar-refractivity contribution in [2.75, 3.05) is 6.61 Å². The molecule has 8 heteroatoms. The number of hydrogen-bond donors (Lipinski definition) is 3. The zero-order valence-electron chi connectivity index (χ0n) is 11.5. The Hall–Kier alpha value is -0.530. The van der Waals surface area contributed by atoms with Gasteiger partial charge in [0.2, 0.25) is 0 Å². The van der Waals surface area contributed by atoms with Crippen molar-refractivity contribution < 1.29 is 20.1 Å². The van der Waals surface area contributed by atoms with Crippen LogP contribution in [0, 0.1) is 6.92 Å². The monoisotopic (exact) mass is 365 g/mol. The first kappa shape index (κ1) is 16.3. The summed E-state index contributed by atoms with van der Waals surface area (Å²) >= 11 is 18.4. The van der Waals surface area contributed by atoms with Crippen molar-refractivity contribution >= 4 is 45.7 Å². The van der Waals surface area contributed by atoms with Crippen LogP contribution in [0.15, 0.2) is 12.1 Å². The van der Waals surface area contributed by atoms with E-state index in [9.17, 15) is 15.3 Å². The van der Waals surface area contributed by atoms with Crippen LogP contribution in [0.3, 0.4) is 0 Å². The van der Waals surface area contributed by atoms with E-state index in [1.165, 1.54) is 0 Å². The van der Waals surface area contributed by atoms with Crippen LogP contribution >= 0.6 is 34.8 Å². The molecule has 3 N–H and O–H groups in total. The van der Waals surface area contributed by atoms with Gasteiger partial charge in [0.15, 0.2) is 6.23 Å². The molecule has 5 nitrogen and oxygen atoms in total. The van der Waals surface area contributed by atoms with Gasteiger partial charge in [-0.05, 0) is 19.1 Å². The van der Waals surface area contributed by atoms with E-state index < -0.39 is 31.1 Å². The Morgan fingerprint density at radius 1 is 1.14 bits per heavy atom. The average molecular weight is 367 g/mol. The van der Waals surface area contributed by atoms with E-state index in [1.807, 2.05) is 0 Å². The molecule has 1 aliphatic rings. The van der Waals surface area contributed by atoms with Gasteiger partial charge >= 0.3 is 0 Å². The Bertz CT molecular complexity index is 733. The number of aliphatic hydroxyl groups is 3. The van der Waals surface area contributed by atoms with Crippen molar-refractivity contribution in [1.29, 1.82) is 0 Å². The molecule has 0 bridgehead atoms. The molecule has 0 spiro atoms. The highest BCUT2D eigenvalue weighted by molar-refractivity contribution is 6.44. The number of fused-ring (bicyclic) bond motifs is 1. The highest BCUT2D eigenvalue weighted by atomic mass is 35.5. The molecule has 4 atom stereocenters. The van der Waals surface area contributed by atoms with Gasteiger partial charge in [0.05, 0.1) is 27.2 Å². The molecule has 1 aromatic heterocycles. The van der Waals surface area contributed by atoms with Gasteiger partial charge in [0.1, 0.15) is 18.3 Å². The summed E-state index contributed by atoms with van der Waals surface area (Å²) in [4.78, 5) is 0. The number of hydrogen-bond acceptors (Lipinski definition) is 4. The molecule has 1 aromatic carbocycles. The van der Waals surface area contributed by atoms with Crippen LogP contribution in [-0.2, 0) is 4.74 Å². The maximum absolute atomic E-state index is 10.2. The summed E-state index contributed by atoms with van der Waals surface area (Å²) in [5.74, 6) is 0. The summed E-state index contributed by atoms with van der Waals surface area (Å²) in [5, 5.41) is 31.2. The summed E-state index contributed by atoms with van der Waals surface area (Å²) in [6, 6.07) is 3.28. The van der Waals surface area contributed by atoms with Gasteiger partial charge in [-0.25, -0.2) is 0 Å². The molecular weight excluding hydrogens is 353 g/mol. The highest BCUT2D eigenvalue weighted by Gasteiger charge is 2.44. The quantitative estimate of drug-likeness (QED) is 0.763. The summed E-state index contributed by atoms with van der Waals surface area (Å²) in [6.07, 6.45) is -4.12. The number of ether oxygens (including phenoxy) is 1. The Kier molecular flexibility index (Phi) is 4.33. The number of benzene rings is 1.